The maximum atomic E-state index is 4.46. The van der Waals surface area contributed by atoms with Gasteiger partial charge in [0.2, 0.25) is 0 Å². The molecule has 2 heteroatoms. The highest BCUT2D eigenvalue weighted by atomic mass is 14.9. The largest absolute Gasteiger partial charge is 0.309 e. The molecule has 0 radical (unpaired) electrons. The Morgan fingerprint density at radius 3 is 2.62 bits per heavy atom. The lowest BCUT2D eigenvalue weighted by molar-refractivity contribution is 0.688. The summed E-state index contributed by atoms with van der Waals surface area (Å²) in [5.41, 5.74) is 6.22. The van der Waals surface area contributed by atoms with E-state index in [0.717, 1.165) is 5.52 Å². The van der Waals surface area contributed by atoms with Crippen LogP contribution in [0, 0.1) is 13.8 Å². The molecule has 0 spiro atoms. The Balaban J connectivity index is 2.09. The average Bonchev–Trinajstić information content (AvgIpc) is 2.50. The van der Waals surface area contributed by atoms with Crippen LogP contribution < -0.4 is 5.32 Å². The third kappa shape index (κ3) is 2.67. The molecule has 1 N–H and O–H groups in total. The second-order valence-electron chi connectivity index (χ2n) is 5.54. The zero-order valence-corrected chi connectivity index (χ0v) is 12.7. The first-order valence-corrected chi connectivity index (χ1v) is 7.28. The summed E-state index contributed by atoms with van der Waals surface area (Å²) in [6.07, 6.45) is 1.84. The number of fused-ring (bicyclic) bond motifs is 1. The summed E-state index contributed by atoms with van der Waals surface area (Å²) in [6.45, 7) is 4.30. The molecule has 3 aromatic rings. The Morgan fingerprint density at radius 2 is 1.86 bits per heavy atom. The number of aryl methyl sites for hydroxylation is 2. The summed E-state index contributed by atoms with van der Waals surface area (Å²) < 4.78 is 0. The number of benzene rings is 2. The van der Waals surface area contributed by atoms with Crippen LogP contribution >= 0.6 is 0 Å². The zero-order chi connectivity index (χ0) is 14.8. The van der Waals surface area contributed by atoms with Crippen molar-refractivity contribution in [1.82, 2.24) is 10.3 Å². The Hall–Kier alpha value is -2.19. The van der Waals surface area contributed by atoms with Gasteiger partial charge in [0, 0.05) is 11.6 Å². The van der Waals surface area contributed by atoms with E-state index in [4.69, 9.17) is 0 Å². The molecule has 0 fully saturated rings. The third-order valence-corrected chi connectivity index (χ3v) is 3.99. The quantitative estimate of drug-likeness (QED) is 0.777. The van der Waals surface area contributed by atoms with E-state index in [2.05, 4.69) is 66.6 Å². The highest BCUT2D eigenvalue weighted by molar-refractivity contribution is 5.79. The fourth-order valence-corrected chi connectivity index (χ4v) is 2.91. The van der Waals surface area contributed by atoms with Gasteiger partial charge in [-0.25, -0.2) is 0 Å². The van der Waals surface area contributed by atoms with Gasteiger partial charge in [-0.05, 0) is 49.7 Å². The maximum absolute atomic E-state index is 4.46. The summed E-state index contributed by atoms with van der Waals surface area (Å²) in [6, 6.07) is 17.4. The van der Waals surface area contributed by atoms with Crippen molar-refractivity contribution in [2.24, 2.45) is 0 Å². The minimum atomic E-state index is 0.192. The normalized spacial score (nSPS) is 12.5. The van der Waals surface area contributed by atoms with E-state index in [0.29, 0.717) is 0 Å². The minimum absolute atomic E-state index is 0.192. The lowest BCUT2D eigenvalue weighted by Gasteiger charge is -2.20. The lowest BCUT2D eigenvalue weighted by Crippen LogP contribution is -2.18. The Morgan fingerprint density at radius 1 is 1.00 bits per heavy atom. The highest BCUT2D eigenvalue weighted by Crippen LogP contribution is 2.27. The molecular weight excluding hydrogens is 256 g/mol. The van der Waals surface area contributed by atoms with Crippen molar-refractivity contribution >= 4 is 10.9 Å². The maximum Gasteiger partial charge on any atom is 0.0705 e. The molecule has 0 aliphatic carbocycles. The van der Waals surface area contributed by atoms with Gasteiger partial charge in [0.05, 0.1) is 11.6 Å². The number of aromatic nitrogens is 1. The van der Waals surface area contributed by atoms with Crippen LogP contribution in [0.25, 0.3) is 10.9 Å². The van der Waals surface area contributed by atoms with Gasteiger partial charge >= 0.3 is 0 Å². The smallest absolute Gasteiger partial charge is 0.0705 e. The van der Waals surface area contributed by atoms with E-state index in [1.807, 2.05) is 19.3 Å². The van der Waals surface area contributed by atoms with Crippen molar-refractivity contribution in [2.45, 2.75) is 19.9 Å². The third-order valence-electron chi connectivity index (χ3n) is 3.99. The molecule has 21 heavy (non-hydrogen) atoms. The highest BCUT2D eigenvalue weighted by Gasteiger charge is 2.14. The van der Waals surface area contributed by atoms with Gasteiger partial charge < -0.3 is 5.32 Å². The predicted molar refractivity (Wildman–Crippen MR) is 88.6 cm³/mol. The van der Waals surface area contributed by atoms with Crippen LogP contribution in [0.2, 0.25) is 0 Å². The van der Waals surface area contributed by atoms with Crippen LogP contribution in [0.3, 0.4) is 0 Å². The molecule has 0 aliphatic rings. The van der Waals surface area contributed by atoms with Crippen LogP contribution in [-0.2, 0) is 0 Å². The second-order valence-corrected chi connectivity index (χ2v) is 5.54. The van der Waals surface area contributed by atoms with Gasteiger partial charge in [0.25, 0.3) is 0 Å². The molecule has 1 unspecified atom stereocenters. The first-order chi connectivity index (χ1) is 10.2. The molecule has 0 amide bonds. The molecule has 0 aliphatic heterocycles. The SMILES string of the molecule is CNC(c1ccc2cccnc2c1)c1ccc(C)cc1C. The van der Waals surface area contributed by atoms with E-state index in [1.54, 1.807) is 0 Å². The summed E-state index contributed by atoms with van der Waals surface area (Å²) in [5, 5.41) is 4.61. The van der Waals surface area contributed by atoms with Crippen molar-refractivity contribution < 1.29 is 0 Å². The van der Waals surface area contributed by atoms with Crippen molar-refractivity contribution in [1.29, 1.82) is 0 Å². The standard InChI is InChI=1S/C19H20N2/c1-13-6-9-17(14(2)11-13)19(20-3)16-8-7-15-5-4-10-21-18(15)12-16/h4-12,19-20H,1-3H3. The fraction of sp³-hybridized carbons (Fsp3) is 0.211. The summed E-state index contributed by atoms with van der Waals surface area (Å²) >= 11 is 0. The number of pyridine rings is 1. The molecule has 106 valence electrons. The number of nitrogens with one attached hydrogen (secondary N) is 1. The molecular formula is C19H20N2. The zero-order valence-electron chi connectivity index (χ0n) is 12.7. The molecule has 1 heterocycles. The van der Waals surface area contributed by atoms with Crippen molar-refractivity contribution in [3.63, 3.8) is 0 Å². The van der Waals surface area contributed by atoms with Gasteiger partial charge in [0.15, 0.2) is 0 Å². The fourth-order valence-electron chi connectivity index (χ4n) is 2.91. The molecule has 0 saturated heterocycles. The second kappa shape index (κ2) is 5.66. The Labute approximate surface area is 125 Å². The average molecular weight is 276 g/mol. The van der Waals surface area contributed by atoms with Gasteiger partial charge in [-0.15, -0.1) is 0 Å². The Kier molecular flexibility index (Phi) is 3.72. The Bertz CT molecular complexity index is 777. The number of hydrogen-bond donors (Lipinski definition) is 1. The van der Waals surface area contributed by atoms with Crippen LogP contribution in [0.15, 0.2) is 54.7 Å². The molecule has 2 aromatic carbocycles. The minimum Gasteiger partial charge on any atom is -0.309 e. The van der Waals surface area contributed by atoms with Crippen molar-refractivity contribution in [2.75, 3.05) is 7.05 Å². The van der Waals surface area contributed by atoms with Crippen LogP contribution in [0.1, 0.15) is 28.3 Å². The van der Waals surface area contributed by atoms with Crippen LogP contribution in [-0.4, -0.2) is 12.0 Å². The first-order valence-electron chi connectivity index (χ1n) is 7.28. The molecule has 1 atom stereocenters. The van der Waals surface area contributed by atoms with E-state index in [1.165, 1.54) is 27.6 Å². The summed E-state index contributed by atoms with van der Waals surface area (Å²) in [7, 11) is 2.01. The molecule has 3 rings (SSSR count). The summed E-state index contributed by atoms with van der Waals surface area (Å²) in [5.74, 6) is 0. The molecule has 1 aromatic heterocycles. The van der Waals surface area contributed by atoms with Gasteiger partial charge in [-0.2, -0.15) is 0 Å². The first kappa shape index (κ1) is 13.8. The van der Waals surface area contributed by atoms with Gasteiger partial charge in [0.1, 0.15) is 0 Å². The van der Waals surface area contributed by atoms with E-state index >= 15 is 0 Å². The van der Waals surface area contributed by atoms with Crippen LogP contribution in [0.4, 0.5) is 0 Å². The number of nitrogens with zero attached hydrogens (tertiary/aromatic N) is 1. The van der Waals surface area contributed by atoms with Gasteiger partial charge in [-0.1, -0.05) is 42.0 Å². The van der Waals surface area contributed by atoms with Crippen LogP contribution in [0.5, 0.6) is 0 Å². The molecule has 0 bridgehead atoms. The van der Waals surface area contributed by atoms with E-state index in [-0.39, 0.29) is 6.04 Å². The molecule has 0 saturated carbocycles. The van der Waals surface area contributed by atoms with Crippen molar-refractivity contribution in [3.05, 3.63) is 77.0 Å². The number of hydrogen-bond acceptors (Lipinski definition) is 2. The monoisotopic (exact) mass is 276 g/mol. The lowest BCUT2D eigenvalue weighted by atomic mass is 9.93. The van der Waals surface area contributed by atoms with E-state index < -0.39 is 0 Å². The predicted octanol–water partition coefficient (Wildman–Crippen LogP) is 4.16. The summed E-state index contributed by atoms with van der Waals surface area (Å²) in [4.78, 5) is 4.46. The topological polar surface area (TPSA) is 24.9 Å². The van der Waals surface area contributed by atoms with E-state index in [9.17, 15) is 0 Å². The van der Waals surface area contributed by atoms with Gasteiger partial charge in [-0.3, -0.25) is 4.98 Å². The molecule has 2 nitrogen and oxygen atoms in total. The van der Waals surface area contributed by atoms with Crippen molar-refractivity contribution in [3.8, 4) is 0 Å². The number of rotatable bonds is 3.